The number of rotatable bonds is 3. The molecule has 0 atom stereocenters. The molecule has 0 fully saturated rings. The lowest BCUT2D eigenvalue weighted by atomic mass is 10.3. The zero-order valence-electron chi connectivity index (χ0n) is 6.80. The van der Waals surface area contributed by atoms with Gasteiger partial charge in [-0.2, -0.15) is 0 Å². The Morgan fingerprint density at radius 1 is 1.62 bits per heavy atom. The number of nitrogens with one attached hydrogen (secondary N) is 1. The van der Waals surface area contributed by atoms with Crippen LogP contribution in [0.4, 0.5) is 10.1 Å². The van der Waals surface area contributed by atoms with Gasteiger partial charge in [-0.25, -0.2) is 4.39 Å². The van der Waals surface area contributed by atoms with Crippen LogP contribution in [0.1, 0.15) is 0 Å². The number of anilines is 1. The summed E-state index contributed by atoms with van der Waals surface area (Å²) in [5.41, 5.74) is 0.337. The standard InChI is InChI=1S/C8H7ClFNO2/c1-13-8-3-6(10)5(9)2-7(8)11-4-12/h2-4H,1H3,(H,11,12). The van der Waals surface area contributed by atoms with Gasteiger partial charge < -0.3 is 10.1 Å². The number of methoxy groups -OCH3 is 1. The van der Waals surface area contributed by atoms with Gasteiger partial charge in [-0.15, -0.1) is 0 Å². The van der Waals surface area contributed by atoms with Gasteiger partial charge in [0.1, 0.15) is 11.6 Å². The van der Waals surface area contributed by atoms with Gasteiger partial charge in [0.25, 0.3) is 0 Å². The van der Waals surface area contributed by atoms with Crippen molar-refractivity contribution in [1.82, 2.24) is 0 Å². The van der Waals surface area contributed by atoms with Crippen LogP contribution in [0, 0.1) is 5.82 Å². The monoisotopic (exact) mass is 203 g/mol. The Hall–Kier alpha value is -1.29. The predicted molar refractivity (Wildman–Crippen MR) is 47.6 cm³/mol. The number of hydrogen-bond donors (Lipinski definition) is 1. The highest BCUT2D eigenvalue weighted by Gasteiger charge is 2.07. The van der Waals surface area contributed by atoms with Gasteiger partial charge in [0.2, 0.25) is 6.41 Å². The molecule has 1 aromatic carbocycles. The fraction of sp³-hybridized carbons (Fsp3) is 0.125. The SMILES string of the molecule is COc1cc(F)c(Cl)cc1NC=O. The van der Waals surface area contributed by atoms with Gasteiger partial charge in [-0.05, 0) is 6.07 Å². The van der Waals surface area contributed by atoms with E-state index in [1.165, 1.54) is 13.2 Å². The summed E-state index contributed by atoms with van der Waals surface area (Å²) >= 11 is 5.49. The van der Waals surface area contributed by atoms with Crippen LogP contribution in [0.25, 0.3) is 0 Å². The largest absolute Gasteiger partial charge is 0.494 e. The molecule has 3 nitrogen and oxygen atoms in total. The summed E-state index contributed by atoms with van der Waals surface area (Å²) in [6.07, 6.45) is 0.464. The topological polar surface area (TPSA) is 38.3 Å². The molecule has 0 bridgehead atoms. The summed E-state index contributed by atoms with van der Waals surface area (Å²) in [5, 5.41) is 2.27. The van der Waals surface area contributed by atoms with Crippen LogP contribution < -0.4 is 10.1 Å². The molecule has 0 aliphatic heterocycles. The maximum absolute atomic E-state index is 12.9. The molecule has 1 aromatic rings. The fourth-order valence-corrected chi connectivity index (χ4v) is 1.04. The van der Waals surface area contributed by atoms with E-state index in [2.05, 4.69) is 5.32 Å². The minimum absolute atomic E-state index is 0.0647. The highest BCUT2D eigenvalue weighted by molar-refractivity contribution is 6.31. The van der Waals surface area contributed by atoms with E-state index in [4.69, 9.17) is 16.3 Å². The Bertz CT molecular complexity index is 330. The molecule has 0 aliphatic rings. The smallest absolute Gasteiger partial charge is 0.211 e. The van der Waals surface area contributed by atoms with Gasteiger partial charge in [0.15, 0.2) is 0 Å². The van der Waals surface area contributed by atoms with Crippen LogP contribution in [0.2, 0.25) is 5.02 Å². The van der Waals surface area contributed by atoms with E-state index >= 15 is 0 Å². The lowest BCUT2D eigenvalue weighted by Gasteiger charge is -2.07. The van der Waals surface area contributed by atoms with E-state index in [1.54, 1.807) is 0 Å². The van der Waals surface area contributed by atoms with Crippen LogP contribution in [0.5, 0.6) is 5.75 Å². The average Bonchev–Trinajstić information content (AvgIpc) is 2.11. The number of carbonyl (C=O) groups excluding carboxylic acids is 1. The van der Waals surface area contributed by atoms with E-state index in [-0.39, 0.29) is 10.8 Å². The average molecular weight is 204 g/mol. The number of benzene rings is 1. The van der Waals surface area contributed by atoms with E-state index in [0.29, 0.717) is 12.1 Å². The summed E-state index contributed by atoms with van der Waals surface area (Å²) in [7, 11) is 1.37. The molecular formula is C8H7ClFNO2. The number of ether oxygens (including phenoxy) is 1. The summed E-state index contributed by atoms with van der Waals surface area (Å²) in [4.78, 5) is 10.1. The van der Waals surface area contributed by atoms with Crippen molar-refractivity contribution in [1.29, 1.82) is 0 Å². The van der Waals surface area contributed by atoms with Crippen LogP contribution in [0.15, 0.2) is 12.1 Å². The third-order valence-corrected chi connectivity index (χ3v) is 1.75. The Kier molecular flexibility index (Phi) is 3.08. The van der Waals surface area contributed by atoms with Crippen LogP contribution >= 0.6 is 11.6 Å². The minimum atomic E-state index is -0.588. The van der Waals surface area contributed by atoms with Gasteiger partial charge in [-0.3, -0.25) is 4.79 Å². The molecule has 0 heterocycles. The van der Waals surface area contributed by atoms with Crippen molar-refractivity contribution in [3.8, 4) is 5.75 Å². The van der Waals surface area contributed by atoms with Crippen LogP contribution in [-0.4, -0.2) is 13.5 Å². The molecule has 0 radical (unpaired) electrons. The molecule has 0 saturated carbocycles. The summed E-state index contributed by atoms with van der Waals surface area (Å²) in [6.45, 7) is 0. The molecule has 0 saturated heterocycles. The Labute approximate surface area is 79.5 Å². The van der Waals surface area contributed by atoms with Gasteiger partial charge in [0.05, 0.1) is 17.8 Å². The molecule has 1 rings (SSSR count). The lowest BCUT2D eigenvalue weighted by Crippen LogP contribution is -1.98. The van der Waals surface area contributed by atoms with Crippen molar-refractivity contribution >= 4 is 23.7 Å². The fourth-order valence-electron chi connectivity index (χ4n) is 0.874. The van der Waals surface area contributed by atoms with Crippen molar-refractivity contribution in [3.63, 3.8) is 0 Å². The lowest BCUT2D eigenvalue weighted by molar-refractivity contribution is -0.105. The Morgan fingerprint density at radius 3 is 2.85 bits per heavy atom. The van der Waals surface area contributed by atoms with Crippen molar-refractivity contribution < 1.29 is 13.9 Å². The number of hydrogen-bond acceptors (Lipinski definition) is 2. The molecule has 13 heavy (non-hydrogen) atoms. The Balaban J connectivity index is 3.15. The second-order valence-electron chi connectivity index (χ2n) is 2.23. The molecule has 5 heteroatoms. The second-order valence-corrected chi connectivity index (χ2v) is 2.64. The molecule has 1 N–H and O–H groups in total. The van der Waals surface area contributed by atoms with Crippen LogP contribution in [-0.2, 0) is 4.79 Å². The van der Waals surface area contributed by atoms with E-state index in [1.807, 2.05) is 0 Å². The van der Waals surface area contributed by atoms with E-state index in [0.717, 1.165) is 6.07 Å². The van der Waals surface area contributed by atoms with Gasteiger partial charge in [-0.1, -0.05) is 11.6 Å². The molecule has 1 amide bonds. The maximum Gasteiger partial charge on any atom is 0.211 e. The highest BCUT2D eigenvalue weighted by Crippen LogP contribution is 2.29. The predicted octanol–water partition coefficient (Wildman–Crippen LogP) is 2.06. The maximum atomic E-state index is 12.9. The molecule has 70 valence electrons. The number of amides is 1. The first-order valence-electron chi connectivity index (χ1n) is 3.42. The first-order valence-corrected chi connectivity index (χ1v) is 3.80. The van der Waals surface area contributed by atoms with Crippen LogP contribution in [0.3, 0.4) is 0 Å². The molecule has 0 spiro atoms. The number of carbonyl (C=O) groups is 1. The van der Waals surface area contributed by atoms with E-state index in [9.17, 15) is 9.18 Å². The summed E-state index contributed by atoms with van der Waals surface area (Å²) in [5.74, 6) is -0.357. The van der Waals surface area contributed by atoms with E-state index < -0.39 is 5.82 Å². The number of halogens is 2. The third kappa shape index (κ3) is 2.09. The first kappa shape index (κ1) is 9.80. The third-order valence-electron chi connectivity index (χ3n) is 1.46. The summed E-state index contributed by atoms with van der Waals surface area (Å²) < 4.78 is 17.7. The normalized spacial score (nSPS) is 9.46. The van der Waals surface area contributed by atoms with Crippen molar-refractivity contribution in [2.24, 2.45) is 0 Å². The quantitative estimate of drug-likeness (QED) is 0.764. The van der Waals surface area contributed by atoms with Gasteiger partial charge in [0, 0.05) is 6.07 Å². The highest BCUT2D eigenvalue weighted by atomic mass is 35.5. The summed E-state index contributed by atoms with van der Waals surface area (Å²) in [6, 6.07) is 2.39. The molecular weight excluding hydrogens is 197 g/mol. The zero-order valence-corrected chi connectivity index (χ0v) is 7.56. The molecule has 0 aromatic heterocycles. The van der Waals surface area contributed by atoms with Crippen molar-refractivity contribution in [2.75, 3.05) is 12.4 Å². The first-order chi connectivity index (χ1) is 6.19. The molecule has 0 unspecified atom stereocenters. The van der Waals surface area contributed by atoms with Crippen molar-refractivity contribution in [3.05, 3.63) is 23.0 Å². The Morgan fingerprint density at radius 2 is 2.31 bits per heavy atom. The van der Waals surface area contributed by atoms with Crippen molar-refractivity contribution in [2.45, 2.75) is 0 Å². The van der Waals surface area contributed by atoms with Gasteiger partial charge >= 0.3 is 0 Å². The second kappa shape index (κ2) is 4.09. The molecule has 0 aliphatic carbocycles. The minimum Gasteiger partial charge on any atom is -0.494 e. The zero-order chi connectivity index (χ0) is 9.84.